The Morgan fingerprint density at radius 1 is 1.12 bits per heavy atom. The number of alkyl carbamates (subject to hydrolysis) is 1. The summed E-state index contributed by atoms with van der Waals surface area (Å²) in [6.45, 7) is 1.24. The molecule has 8 heteroatoms. The van der Waals surface area contributed by atoms with Gasteiger partial charge < -0.3 is 25.6 Å². The number of hydrogen-bond acceptors (Lipinski definition) is 5. The number of carbonyl (C=O) groups excluding carboxylic acids is 2. The second-order valence-electron chi connectivity index (χ2n) is 5.48. The predicted molar refractivity (Wildman–Crippen MR) is 89.7 cm³/mol. The molecule has 1 aromatic carbocycles. The number of carboxylic acid groups (broad SMARTS) is 1. The molecule has 138 valence electrons. The molecule has 0 aliphatic carbocycles. The Kier molecular flexibility index (Phi) is 9.02. The van der Waals surface area contributed by atoms with Gasteiger partial charge in [0.2, 0.25) is 5.91 Å². The first-order chi connectivity index (χ1) is 12.0. The molecule has 0 saturated carbocycles. The molecule has 0 spiro atoms. The van der Waals surface area contributed by atoms with Gasteiger partial charge in [-0.2, -0.15) is 0 Å². The van der Waals surface area contributed by atoms with Gasteiger partial charge in [0.15, 0.2) is 0 Å². The minimum Gasteiger partial charge on any atom is -0.480 e. The van der Waals surface area contributed by atoms with Crippen LogP contribution in [0, 0.1) is 0 Å². The smallest absolute Gasteiger partial charge is 0.408 e. The maximum Gasteiger partial charge on any atom is 0.408 e. The summed E-state index contributed by atoms with van der Waals surface area (Å²) in [6.07, 6.45) is 0.813. The monoisotopic (exact) mass is 352 g/mol. The molecular formula is C17H24N2O6. The van der Waals surface area contributed by atoms with Crippen molar-refractivity contribution in [2.75, 3.05) is 6.61 Å². The van der Waals surface area contributed by atoms with Crippen molar-refractivity contribution in [2.24, 2.45) is 0 Å². The molecule has 1 aromatic rings. The highest BCUT2D eigenvalue weighted by molar-refractivity contribution is 5.89. The number of unbranched alkanes of at least 4 members (excludes halogenated alkanes) is 1. The molecule has 0 heterocycles. The fourth-order valence-electron chi connectivity index (χ4n) is 2.04. The number of rotatable bonds is 10. The van der Waals surface area contributed by atoms with E-state index >= 15 is 0 Å². The molecule has 0 aliphatic rings. The second-order valence-corrected chi connectivity index (χ2v) is 5.48. The van der Waals surface area contributed by atoms with Crippen molar-refractivity contribution in [1.29, 1.82) is 0 Å². The molecule has 0 aromatic heterocycles. The Morgan fingerprint density at radius 3 is 2.36 bits per heavy atom. The summed E-state index contributed by atoms with van der Waals surface area (Å²) < 4.78 is 4.97. The summed E-state index contributed by atoms with van der Waals surface area (Å²) in [5, 5.41) is 22.9. The lowest BCUT2D eigenvalue weighted by atomic mass is 10.1. The molecular weight excluding hydrogens is 328 g/mol. The Balaban J connectivity index is 2.51. The first kappa shape index (κ1) is 20.4. The van der Waals surface area contributed by atoms with Gasteiger partial charge in [0.25, 0.3) is 0 Å². The van der Waals surface area contributed by atoms with E-state index in [1.807, 2.05) is 13.0 Å². The minimum absolute atomic E-state index is 0.0146. The molecule has 1 rings (SSSR count). The van der Waals surface area contributed by atoms with E-state index in [1.165, 1.54) is 0 Å². The number of carboxylic acids is 1. The molecule has 0 saturated heterocycles. The average Bonchev–Trinajstić information content (AvgIpc) is 2.61. The Morgan fingerprint density at radius 2 is 1.80 bits per heavy atom. The van der Waals surface area contributed by atoms with Gasteiger partial charge in [-0.25, -0.2) is 9.59 Å². The lowest BCUT2D eigenvalue weighted by Gasteiger charge is -2.19. The molecule has 25 heavy (non-hydrogen) atoms. The van der Waals surface area contributed by atoms with Crippen LogP contribution in [0.3, 0.4) is 0 Å². The van der Waals surface area contributed by atoms with Crippen molar-refractivity contribution in [3.63, 3.8) is 0 Å². The van der Waals surface area contributed by atoms with Crippen molar-refractivity contribution in [1.82, 2.24) is 10.6 Å². The molecule has 4 N–H and O–H groups in total. The molecule has 0 aliphatic heterocycles. The van der Waals surface area contributed by atoms with Gasteiger partial charge in [0.05, 0.1) is 6.61 Å². The van der Waals surface area contributed by atoms with E-state index in [9.17, 15) is 19.5 Å². The lowest BCUT2D eigenvalue weighted by Crippen LogP contribution is -2.53. The van der Waals surface area contributed by atoms with E-state index < -0.39 is 36.7 Å². The topological polar surface area (TPSA) is 125 Å². The van der Waals surface area contributed by atoms with E-state index in [2.05, 4.69) is 10.6 Å². The number of amides is 2. The number of benzene rings is 1. The third-order valence-corrected chi connectivity index (χ3v) is 3.46. The first-order valence-electron chi connectivity index (χ1n) is 8.09. The maximum absolute atomic E-state index is 12.1. The van der Waals surface area contributed by atoms with Crippen LogP contribution in [0.25, 0.3) is 0 Å². The second kappa shape index (κ2) is 11.0. The first-order valence-corrected chi connectivity index (χ1v) is 8.09. The number of nitrogens with one attached hydrogen (secondary N) is 2. The zero-order valence-corrected chi connectivity index (χ0v) is 14.1. The number of aliphatic carboxylic acids is 1. The van der Waals surface area contributed by atoms with Crippen LogP contribution < -0.4 is 10.6 Å². The summed E-state index contributed by atoms with van der Waals surface area (Å²) >= 11 is 0. The van der Waals surface area contributed by atoms with Crippen molar-refractivity contribution >= 4 is 18.0 Å². The van der Waals surface area contributed by atoms with E-state index in [4.69, 9.17) is 9.84 Å². The summed E-state index contributed by atoms with van der Waals surface area (Å²) in [4.78, 5) is 34.9. The molecule has 2 amide bonds. The molecule has 8 nitrogen and oxygen atoms in total. The van der Waals surface area contributed by atoms with E-state index in [-0.39, 0.29) is 13.0 Å². The minimum atomic E-state index is -1.29. The number of aliphatic hydroxyl groups excluding tert-OH is 1. The van der Waals surface area contributed by atoms with Gasteiger partial charge in [0, 0.05) is 0 Å². The van der Waals surface area contributed by atoms with Gasteiger partial charge in [-0.15, -0.1) is 0 Å². The van der Waals surface area contributed by atoms with E-state index in [1.54, 1.807) is 24.3 Å². The van der Waals surface area contributed by atoms with Gasteiger partial charge in [-0.3, -0.25) is 4.79 Å². The predicted octanol–water partition coefficient (Wildman–Crippen LogP) is 1.03. The third-order valence-electron chi connectivity index (χ3n) is 3.46. The summed E-state index contributed by atoms with van der Waals surface area (Å²) in [7, 11) is 0. The van der Waals surface area contributed by atoms with Crippen LogP contribution >= 0.6 is 0 Å². The summed E-state index contributed by atoms with van der Waals surface area (Å²) in [5.41, 5.74) is 0.771. The van der Waals surface area contributed by atoms with Crippen LogP contribution in [0.15, 0.2) is 30.3 Å². The van der Waals surface area contributed by atoms with Crippen LogP contribution in [0.4, 0.5) is 4.79 Å². The standard InChI is InChI=1S/C17H24N2O6/c1-2-3-9-13(16(22)23)18-15(21)14(10-20)19-17(24)25-11-12-7-5-4-6-8-12/h4-8,13-14,20H,2-3,9-11H2,1H3,(H,18,21)(H,19,24)(H,22,23)/t13-,14-/m0/s1. The summed E-state index contributed by atoms with van der Waals surface area (Å²) in [6, 6.07) is 6.61. The average molecular weight is 352 g/mol. The van der Waals surface area contributed by atoms with Crippen molar-refractivity contribution < 1.29 is 29.3 Å². The van der Waals surface area contributed by atoms with Gasteiger partial charge in [-0.05, 0) is 12.0 Å². The third kappa shape index (κ3) is 7.67. The highest BCUT2D eigenvalue weighted by Gasteiger charge is 2.26. The number of hydrogen-bond donors (Lipinski definition) is 4. The van der Waals surface area contributed by atoms with E-state index in [0.717, 1.165) is 12.0 Å². The van der Waals surface area contributed by atoms with Gasteiger partial charge >= 0.3 is 12.1 Å². The maximum atomic E-state index is 12.1. The SMILES string of the molecule is CCCC[C@H](NC(=O)[C@H](CO)NC(=O)OCc1ccccc1)C(=O)O. The highest BCUT2D eigenvalue weighted by atomic mass is 16.5. The Labute approximate surface area is 146 Å². The van der Waals surface area contributed by atoms with Gasteiger partial charge in [-0.1, -0.05) is 50.1 Å². The molecule has 0 radical (unpaired) electrons. The van der Waals surface area contributed by atoms with Crippen LogP contribution in [-0.4, -0.2) is 46.9 Å². The van der Waals surface area contributed by atoms with Crippen molar-refractivity contribution in [3.05, 3.63) is 35.9 Å². The molecule has 0 unspecified atom stereocenters. The normalized spacial score (nSPS) is 12.7. The molecule has 0 fully saturated rings. The lowest BCUT2D eigenvalue weighted by molar-refractivity contribution is -0.142. The van der Waals surface area contributed by atoms with Gasteiger partial charge in [0.1, 0.15) is 18.7 Å². The highest BCUT2D eigenvalue weighted by Crippen LogP contribution is 2.03. The van der Waals surface area contributed by atoms with E-state index in [0.29, 0.717) is 6.42 Å². The van der Waals surface area contributed by atoms with Crippen LogP contribution in [0.5, 0.6) is 0 Å². The number of carbonyl (C=O) groups is 3. The Hall–Kier alpha value is -2.61. The number of aliphatic hydroxyl groups is 1. The van der Waals surface area contributed by atoms with Crippen LogP contribution in [0.2, 0.25) is 0 Å². The number of ether oxygens (including phenoxy) is 1. The Bertz CT molecular complexity index is 564. The fraction of sp³-hybridized carbons (Fsp3) is 0.471. The molecule has 0 bridgehead atoms. The largest absolute Gasteiger partial charge is 0.480 e. The fourth-order valence-corrected chi connectivity index (χ4v) is 2.04. The van der Waals surface area contributed by atoms with Crippen LogP contribution in [-0.2, 0) is 20.9 Å². The van der Waals surface area contributed by atoms with Crippen LogP contribution in [0.1, 0.15) is 31.7 Å². The zero-order valence-electron chi connectivity index (χ0n) is 14.1. The zero-order chi connectivity index (χ0) is 18.7. The summed E-state index contributed by atoms with van der Waals surface area (Å²) in [5.74, 6) is -1.94. The van der Waals surface area contributed by atoms with Crippen molar-refractivity contribution in [3.8, 4) is 0 Å². The molecule has 2 atom stereocenters. The van der Waals surface area contributed by atoms with Crippen molar-refractivity contribution in [2.45, 2.75) is 44.9 Å². The quantitative estimate of drug-likeness (QED) is 0.498.